The van der Waals surface area contributed by atoms with Crippen LogP contribution >= 0.6 is 15.9 Å². The van der Waals surface area contributed by atoms with Crippen LogP contribution in [0.15, 0.2) is 46.9 Å². The standard InChI is InChI=1S/C24H31BrN4O7S/c1-6-16(2)26-24(31)17(3)27(14-18-7-9-19(25)10-8-18)23(30)15-28(37(5,34)35)21-13-20(29(32)33)11-12-22(21)36-4/h7-13,16-17H,6,14-15H2,1-5H3,(H,26,31)/t16-,17+/m0/s1. The first-order valence-corrected chi connectivity index (χ1v) is 14.1. The number of halogens is 1. The van der Waals surface area contributed by atoms with Gasteiger partial charge in [-0.15, -0.1) is 0 Å². The molecule has 13 heteroatoms. The summed E-state index contributed by atoms with van der Waals surface area (Å²) in [5, 5.41) is 14.2. The van der Waals surface area contributed by atoms with Gasteiger partial charge in [0.1, 0.15) is 24.0 Å². The van der Waals surface area contributed by atoms with Gasteiger partial charge < -0.3 is 15.0 Å². The molecule has 0 fully saturated rings. The Morgan fingerprint density at radius 1 is 1.16 bits per heavy atom. The van der Waals surface area contributed by atoms with Crippen LogP contribution in [0.5, 0.6) is 5.75 Å². The third kappa shape index (κ3) is 8.15. The second kappa shape index (κ2) is 12.9. The first-order chi connectivity index (χ1) is 17.3. The van der Waals surface area contributed by atoms with Crippen molar-refractivity contribution in [1.82, 2.24) is 10.2 Å². The molecular formula is C24H31BrN4O7S. The molecular weight excluding hydrogens is 568 g/mol. The molecule has 0 bridgehead atoms. The summed E-state index contributed by atoms with van der Waals surface area (Å²) >= 11 is 3.36. The second-order valence-corrected chi connectivity index (χ2v) is 11.3. The number of hydrogen-bond donors (Lipinski definition) is 1. The van der Waals surface area contributed by atoms with E-state index in [1.54, 1.807) is 31.2 Å². The number of rotatable bonds is 12. The quantitative estimate of drug-likeness (QED) is 0.291. The third-order valence-electron chi connectivity index (χ3n) is 5.76. The SMILES string of the molecule is CC[C@H](C)NC(=O)[C@@H](C)N(Cc1ccc(Br)cc1)C(=O)CN(c1cc([N+](=O)[O-])ccc1OC)S(C)(=O)=O. The molecule has 0 radical (unpaired) electrons. The average molecular weight is 600 g/mol. The number of nitrogens with zero attached hydrogens (tertiary/aromatic N) is 3. The van der Waals surface area contributed by atoms with Crippen LogP contribution in [-0.4, -0.2) is 62.0 Å². The number of benzene rings is 2. The van der Waals surface area contributed by atoms with Crippen molar-refractivity contribution in [2.45, 2.75) is 45.8 Å². The molecule has 0 aliphatic carbocycles. The van der Waals surface area contributed by atoms with Crippen molar-refractivity contribution >= 4 is 49.1 Å². The highest BCUT2D eigenvalue weighted by Crippen LogP contribution is 2.34. The van der Waals surface area contributed by atoms with E-state index in [0.717, 1.165) is 26.7 Å². The molecule has 202 valence electrons. The number of sulfonamides is 1. The van der Waals surface area contributed by atoms with Gasteiger partial charge in [0.25, 0.3) is 5.69 Å². The minimum absolute atomic E-state index is 0.0326. The van der Waals surface area contributed by atoms with E-state index in [-0.39, 0.29) is 29.7 Å². The lowest BCUT2D eigenvalue weighted by Gasteiger charge is -2.32. The number of carbonyl (C=O) groups excluding carboxylic acids is 2. The highest BCUT2D eigenvalue weighted by Gasteiger charge is 2.32. The molecule has 0 saturated carbocycles. The van der Waals surface area contributed by atoms with Crippen LogP contribution in [0, 0.1) is 10.1 Å². The maximum Gasteiger partial charge on any atom is 0.271 e. The topological polar surface area (TPSA) is 139 Å². The van der Waals surface area contributed by atoms with Crippen molar-refractivity contribution < 1.29 is 27.7 Å². The van der Waals surface area contributed by atoms with Gasteiger partial charge in [-0.1, -0.05) is 35.0 Å². The van der Waals surface area contributed by atoms with Gasteiger partial charge in [0.05, 0.1) is 18.3 Å². The summed E-state index contributed by atoms with van der Waals surface area (Å²) in [6, 6.07) is 9.55. The number of nitro groups is 1. The van der Waals surface area contributed by atoms with Gasteiger partial charge in [-0.05, 0) is 44.0 Å². The molecule has 0 saturated heterocycles. The number of nitro benzene ring substituents is 1. The van der Waals surface area contributed by atoms with E-state index in [0.29, 0.717) is 6.42 Å². The van der Waals surface area contributed by atoms with Crippen molar-refractivity contribution in [3.05, 3.63) is 62.6 Å². The van der Waals surface area contributed by atoms with E-state index in [4.69, 9.17) is 4.74 Å². The summed E-state index contributed by atoms with van der Waals surface area (Å²) < 4.78 is 32.3. The predicted octanol–water partition coefficient (Wildman–Crippen LogP) is 3.46. The van der Waals surface area contributed by atoms with Crippen LogP contribution in [0.2, 0.25) is 0 Å². The largest absolute Gasteiger partial charge is 0.495 e. The highest BCUT2D eigenvalue weighted by atomic mass is 79.9. The normalized spacial score (nSPS) is 12.8. The molecule has 0 aromatic heterocycles. The Kier molecular flexibility index (Phi) is 10.4. The Hall–Kier alpha value is -3.19. The third-order valence-corrected chi connectivity index (χ3v) is 7.41. The van der Waals surface area contributed by atoms with E-state index < -0.39 is 39.3 Å². The Balaban J connectivity index is 2.50. The minimum atomic E-state index is -4.09. The molecule has 0 unspecified atom stereocenters. The maximum atomic E-state index is 13.6. The van der Waals surface area contributed by atoms with Gasteiger partial charge in [0.15, 0.2) is 0 Å². The number of carbonyl (C=O) groups is 2. The van der Waals surface area contributed by atoms with Crippen LogP contribution < -0.4 is 14.4 Å². The molecule has 1 N–H and O–H groups in total. The van der Waals surface area contributed by atoms with Crippen molar-refractivity contribution in [3.8, 4) is 5.75 Å². The van der Waals surface area contributed by atoms with Crippen LogP contribution in [0.25, 0.3) is 0 Å². The zero-order valence-corrected chi connectivity index (χ0v) is 23.7. The zero-order valence-electron chi connectivity index (χ0n) is 21.3. The summed E-state index contributed by atoms with van der Waals surface area (Å²) in [5.41, 5.74) is 0.191. The van der Waals surface area contributed by atoms with Crippen molar-refractivity contribution in [2.24, 2.45) is 0 Å². The molecule has 37 heavy (non-hydrogen) atoms. The molecule has 2 amide bonds. The summed E-state index contributed by atoms with van der Waals surface area (Å²) in [6.07, 6.45) is 1.57. The fourth-order valence-electron chi connectivity index (χ4n) is 3.42. The number of ether oxygens (including phenoxy) is 1. The first-order valence-electron chi connectivity index (χ1n) is 11.4. The minimum Gasteiger partial charge on any atom is -0.495 e. The lowest BCUT2D eigenvalue weighted by Crippen LogP contribution is -2.52. The van der Waals surface area contributed by atoms with E-state index in [9.17, 15) is 28.1 Å². The smallest absolute Gasteiger partial charge is 0.271 e. The van der Waals surface area contributed by atoms with Crippen LogP contribution in [0.1, 0.15) is 32.8 Å². The van der Waals surface area contributed by atoms with E-state index in [2.05, 4.69) is 21.2 Å². The molecule has 0 heterocycles. The van der Waals surface area contributed by atoms with Gasteiger partial charge in [0.2, 0.25) is 21.8 Å². The maximum absolute atomic E-state index is 13.6. The zero-order chi connectivity index (χ0) is 27.9. The molecule has 0 aliphatic rings. The van der Waals surface area contributed by atoms with Crippen molar-refractivity contribution in [3.63, 3.8) is 0 Å². The number of non-ortho nitro benzene ring substituents is 1. The Bertz CT molecular complexity index is 1240. The number of amides is 2. The van der Waals surface area contributed by atoms with Crippen molar-refractivity contribution in [2.75, 3.05) is 24.2 Å². The van der Waals surface area contributed by atoms with E-state index in [1.807, 2.05) is 13.8 Å². The highest BCUT2D eigenvalue weighted by molar-refractivity contribution is 9.10. The Morgan fingerprint density at radius 3 is 2.30 bits per heavy atom. The second-order valence-electron chi connectivity index (χ2n) is 8.52. The fraction of sp³-hybridized carbons (Fsp3) is 0.417. The van der Waals surface area contributed by atoms with Gasteiger partial charge >= 0.3 is 0 Å². The lowest BCUT2D eigenvalue weighted by atomic mass is 10.1. The van der Waals surface area contributed by atoms with Gasteiger partial charge in [0, 0.05) is 29.2 Å². The fourth-order valence-corrected chi connectivity index (χ4v) is 4.53. The van der Waals surface area contributed by atoms with Crippen LogP contribution in [0.3, 0.4) is 0 Å². The average Bonchev–Trinajstić information content (AvgIpc) is 2.85. The number of nitrogens with one attached hydrogen (secondary N) is 1. The molecule has 0 spiro atoms. The molecule has 2 aromatic rings. The molecule has 2 atom stereocenters. The summed E-state index contributed by atoms with van der Waals surface area (Å²) in [4.78, 5) is 38.5. The summed E-state index contributed by atoms with van der Waals surface area (Å²) in [7, 11) is -2.81. The lowest BCUT2D eigenvalue weighted by molar-refractivity contribution is -0.384. The van der Waals surface area contributed by atoms with Crippen LogP contribution in [0.4, 0.5) is 11.4 Å². The summed E-state index contributed by atoms with van der Waals surface area (Å²) in [5.74, 6) is -1.03. The Morgan fingerprint density at radius 2 is 1.78 bits per heavy atom. The Labute approximate surface area is 225 Å². The number of methoxy groups -OCH3 is 1. The number of anilines is 1. The first kappa shape index (κ1) is 30.0. The van der Waals surface area contributed by atoms with Crippen LogP contribution in [-0.2, 0) is 26.2 Å². The molecule has 2 rings (SSSR count). The molecule has 0 aliphatic heterocycles. The molecule has 2 aromatic carbocycles. The van der Waals surface area contributed by atoms with Gasteiger partial charge in [-0.25, -0.2) is 8.42 Å². The molecule has 11 nitrogen and oxygen atoms in total. The summed E-state index contributed by atoms with van der Waals surface area (Å²) in [6.45, 7) is 4.65. The van der Waals surface area contributed by atoms with Gasteiger partial charge in [-0.2, -0.15) is 0 Å². The van der Waals surface area contributed by atoms with E-state index >= 15 is 0 Å². The monoisotopic (exact) mass is 598 g/mol. The van der Waals surface area contributed by atoms with E-state index in [1.165, 1.54) is 24.1 Å². The predicted molar refractivity (Wildman–Crippen MR) is 144 cm³/mol. The van der Waals surface area contributed by atoms with Crippen molar-refractivity contribution in [1.29, 1.82) is 0 Å². The number of hydrogen-bond acceptors (Lipinski definition) is 7. The van der Waals surface area contributed by atoms with Gasteiger partial charge in [-0.3, -0.25) is 24.0 Å².